The van der Waals surface area contributed by atoms with Gasteiger partial charge in [0.1, 0.15) is 17.4 Å². The molecule has 0 fully saturated rings. The van der Waals surface area contributed by atoms with Gasteiger partial charge in [-0.3, -0.25) is 5.10 Å². The Morgan fingerprint density at radius 2 is 2.06 bits per heavy atom. The molecule has 92 valence electrons. The second-order valence-corrected chi connectivity index (χ2v) is 5.58. The van der Waals surface area contributed by atoms with Gasteiger partial charge in [-0.25, -0.2) is 13.4 Å². The number of nitrogens with one attached hydrogen (secondary N) is 1. The first-order chi connectivity index (χ1) is 7.29. The van der Waals surface area contributed by atoms with E-state index in [0.717, 1.165) is 0 Å². The van der Waals surface area contributed by atoms with E-state index in [1.807, 2.05) is 0 Å². The Balaban J connectivity index is 0.000000487. The van der Waals surface area contributed by atoms with Crippen LogP contribution in [0, 0.1) is 0 Å². The lowest BCUT2D eigenvalue weighted by Gasteiger charge is -2.07. The molecule has 3 N–H and O–H groups in total. The van der Waals surface area contributed by atoms with Crippen molar-refractivity contribution in [2.24, 2.45) is 0 Å². The fourth-order valence-corrected chi connectivity index (χ4v) is 2.19. The van der Waals surface area contributed by atoms with Crippen LogP contribution in [-0.4, -0.2) is 39.6 Å². The van der Waals surface area contributed by atoms with E-state index in [-0.39, 0.29) is 0 Å². The van der Waals surface area contributed by atoms with Crippen molar-refractivity contribution in [2.45, 2.75) is 18.6 Å². The summed E-state index contributed by atoms with van der Waals surface area (Å²) in [7, 11) is -5.94. The Bertz CT molecular complexity index is 413. The summed E-state index contributed by atoms with van der Waals surface area (Å²) in [6.07, 6.45) is 3.01. The van der Waals surface area contributed by atoms with Gasteiger partial charge in [0.15, 0.2) is 9.84 Å². The van der Waals surface area contributed by atoms with E-state index < -0.39 is 23.3 Å². The van der Waals surface area contributed by atoms with Gasteiger partial charge >= 0.3 is 8.25 Å². The third kappa shape index (κ3) is 5.86. The van der Waals surface area contributed by atoms with E-state index in [0.29, 0.717) is 12.2 Å². The Morgan fingerprint density at radius 1 is 1.56 bits per heavy atom. The molecule has 0 saturated heterocycles. The topological polar surface area (TPSA) is 133 Å². The molecule has 0 bridgehead atoms. The predicted octanol–water partition coefficient (Wildman–Crippen LogP) is -0.0712. The van der Waals surface area contributed by atoms with Crippen LogP contribution < -0.4 is 0 Å². The molecule has 0 saturated carbocycles. The van der Waals surface area contributed by atoms with Gasteiger partial charge in [0.25, 0.3) is 0 Å². The molecule has 8 nitrogen and oxygen atoms in total. The zero-order chi connectivity index (χ0) is 12.8. The molecule has 0 spiro atoms. The van der Waals surface area contributed by atoms with E-state index in [4.69, 9.17) is 14.4 Å². The summed E-state index contributed by atoms with van der Waals surface area (Å²) < 4.78 is 31.0. The highest BCUT2D eigenvalue weighted by Crippen LogP contribution is 2.20. The third-order valence-electron chi connectivity index (χ3n) is 1.63. The molecular formula is C6H13N3O5PS+. The summed E-state index contributed by atoms with van der Waals surface area (Å²) in [6, 6.07) is 0. The molecule has 0 aromatic carbocycles. The lowest BCUT2D eigenvalue weighted by atomic mass is 10.3. The van der Waals surface area contributed by atoms with Gasteiger partial charge in [-0.15, -0.1) is 9.79 Å². The van der Waals surface area contributed by atoms with Gasteiger partial charge in [-0.1, -0.05) is 6.92 Å². The Labute approximate surface area is 93.6 Å². The normalized spacial score (nSPS) is 12.5. The number of nitrogens with zero attached hydrogens (tertiary/aromatic N) is 2. The number of hydrogen-bond donors (Lipinski definition) is 3. The molecule has 0 aliphatic carbocycles. The number of sulfone groups is 1. The SMILES string of the molecule is CCC(c1ncn[nH]1)S(C)(=O)=O.O=[P+](O)O. The Morgan fingerprint density at radius 3 is 2.31 bits per heavy atom. The first-order valence-electron chi connectivity index (χ1n) is 4.18. The molecule has 1 atom stereocenters. The van der Waals surface area contributed by atoms with Crippen LogP contribution in [0.1, 0.15) is 24.4 Å². The molecule has 10 heteroatoms. The van der Waals surface area contributed by atoms with Gasteiger partial charge in [0, 0.05) is 10.8 Å². The van der Waals surface area contributed by atoms with Crippen LogP contribution >= 0.6 is 8.25 Å². The second-order valence-electron chi connectivity index (χ2n) is 2.85. The zero-order valence-corrected chi connectivity index (χ0v) is 10.4. The fourth-order valence-electron chi connectivity index (χ4n) is 1.07. The molecule has 0 amide bonds. The Kier molecular flexibility index (Phi) is 6.27. The standard InChI is InChI=1S/C6H11N3O2S.HO3P/c1-3-5(12(2,10)11)6-7-4-8-9-6;1-4(2)3/h4-5H,3H2,1-2H3,(H,7,8,9);(H-,1,2,3)/p+1. The number of rotatable bonds is 3. The van der Waals surface area contributed by atoms with E-state index in [1.165, 1.54) is 12.6 Å². The summed E-state index contributed by atoms with van der Waals surface area (Å²) in [5.74, 6) is 0.417. The summed E-state index contributed by atoms with van der Waals surface area (Å²) in [5.41, 5.74) is 0. The van der Waals surface area contributed by atoms with Crippen LogP contribution in [0.4, 0.5) is 0 Å². The summed E-state index contributed by atoms with van der Waals surface area (Å²) in [4.78, 5) is 18.0. The van der Waals surface area contributed by atoms with Gasteiger partial charge < -0.3 is 0 Å². The van der Waals surface area contributed by atoms with E-state index in [1.54, 1.807) is 6.92 Å². The molecule has 0 aliphatic rings. The molecule has 0 aliphatic heterocycles. The third-order valence-corrected chi connectivity index (χ3v) is 3.22. The van der Waals surface area contributed by atoms with Gasteiger partial charge in [0.2, 0.25) is 0 Å². The highest BCUT2D eigenvalue weighted by molar-refractivity contribution is 7.90. The average Bonchev–Trinajstić information content (AvgIpc) is 2.54. The zero-order valence-electron chi connectivity index (χ0n) is 8.73. The molecule has 1 rings (SSSR count). The van der Waals surface area contributed by atoms with Crippen molar-refractivity contribution in [3.63, 3.8) is 0 Å². The van der Waals surface area contributed by atoms with Crippen molar-refractivity contribution in [3.8, 4) is 0 Å². The lowest BCUT2D eigenvalue weighted by Crippen LogP contribution is -2.12. The molecular weight excluding hydrogens is 257 g/mol. The summed E-state index contributed by atoms with van der Waals surface area (Å²) in [5, 5.41) is 5.60. The minimum atomic E-state index is -3.07. The Hall–Kier alpha value is -0.890. The van der Waals surface area contributed by atoms with Crippen molar-refractivity contribution in [2.75, 3.05) is 6.26 Å². The number of hydrogen-bond acceptors (Lipinski definition) is 5. The smallest absolute Gasteiger partial charge is 0.262 e. The van der Waals surface area contributed by atoms with E-state index >= 15 is 0 Å². The van der Waals surface area contributed by atoms with Crippen LogP contribution in [0.3, 0.4) is 0 Å². The van der Waals surface area contributed by atoms with Crippen molar-refractivity contribution >= 4 is 18.1 Å². The van der Waals surface area contributed by atoms with Gasteiger partial charge in [-0.05, 0) is 6.42 Å². The first-order valence-corrected chi connectivity index (χ1v) is 7.30. The van der Waals surface area contributed by atoms with Gasteiger partial charge in [0.05, 0.1) is 0 Å². The second kappa shape index (κ2) is 6.64. The molecule has 1 aromatic heterocycles. The van der Waals surface area contributed by atoms with Crippen molar-refractivity contribution < 1.29 is 22.8 Å². The molecule has 1 unspecified atom stereocenters. The minimum absolute atomic E-state index is 0.417. The molecule has 0 radical (unpaired) electrons. The van der Waals surface area contributed by atoms with Gasteiger partial charge in [-0.2, -0.15) is 5.10 Å². The molecule has 16 heavy (non-hydrogen) atoms. The summed E-state index contributed by atoms with van der Waals surface area (Å²) in [6.45, 7) is 1.80. The molecule has 1 heterocycles. The fraction of sp³-hybridized carbons (Fsp3) is 0.667. The maximum Gasteiger partial charge on any atom is 0.692 e. The summed E-state index contributed by atoms with van der Waals surface area (Å²) >= 11 is 0. The van der Waals surface area contributed by atoms with Crippen LogP contribution in [0.15, 0.2) is 6.33 Å². The molecule has 1 aromatic rings. The minimum Gasteiger partial charge on any atom is -0.262 e. The van der Waals surface area contributed by atoms with Crippen LogP contribution in [0.25, 0.3) is 0 Å². The number of H-pyrrole nitrogens is 1. The van der Waals surface area contributed by atoms with Crippen molar-refractivity contribution in [1.82, 2.24) is 15.2 Å². The lowest BCUT2D eigenvalue weighted by molar-refractivity contribution is 0.405. The van der Waals surface area contributed by atoms with Crippen molar-refractivity contribution in [3.05, 3.63) is 12.2 Å². The maximum absolute atomic E-state index is 11.2. The highest BCUT2D eigenvalue weighted by atomic mass is 32.2. The van der Waals surface area contributed by atoms with Crippen molar-refractivity contribution in [1.29, 1.82) is 0 Å². The number of aromatic nitrogens is 3. The first kappa shape index (κ1) is 15.1. The quantitative estimate of drug-likeness (QED) is 0.654. The predicted molar refractivity (Wildman–Crippen MR) is 56.3 cm³/mol. The van der Waals surface area contributed by atoms with Crippen LogP contribution in [0.5, 0.6) is 0 Å². The largest absolute Gasteiger partial charge is 0.692 e. The van der Waals surface area contributed by atoms with Crippen LogP contribution in [-0.2, 0) is 14.4 Å². The monoisotopic (exact) mass is 270 g/mol. The average molecular weight is 270 g/mol. The number of aromatic amines is 1. The van der Waals surface area contributed by atoms with Crippen LogP contribution in [0.2, 0.25) is 0 Å². The maximum atomic E-state index is 11.2. The highest BCUT2D eigenvalue weighted by Gasteiger charge is 2.22. The van der Waals surface area contributed by atoms with E-state index in [9.17, 15) is 8.42 Å². The van der Waals surface area contributed by atoms with E-state index in [2.05, 4.69) is 15.2 Å².